The van der Waals surface area contributed by atoms with Crippen LogP contribution in [0.2, 0.25) is 5.02 Å². The topological polar surface area (TPSA) is 33.1 Å². The summed E-state index contributed by atoms with van der Waals surface area (Å²) in [6, 6.07) is 3.69. The second-order valence-corrected chi connectivity index (χ2v) is 5.89. The number of pyridine rings is 1. The highest BCUT2D eigenvalue weighted by Crippen LogP contribution is 2.36. The van der Waals surface area contributed by atoms with Crippen LogP contribution in [0.3, 0.4) is 0 Å². The average molecular weight is 445 g/mol. The van der Waals surface area contributed by atoms with Crippen molar-refractivity contribution in [2.75, 3.05) is 0 Å². The van der Waals surface area contributed by atoms with Gasteiger partial charge in [0.15, 0.2) is 5.75 Å². The molecule has 0 fully saturated rings. The number of aryl methyl sites for hydroxylation is 1. The summed E-state index contributed by atoms with van der Waals surface area (Å²) in [5, 5.41) is 11.4. The molecule has 0 aliphatic heterocycles. The Balaban J connectivity index is 3.02. The van der Waals surface area contributed by atoms with Crippen LogP contribution in [0.5, 0.6) is 5.75 Å². The van der Waals surface area contributed by atoms with E-state index >= 15 is 0 Å². The number of hydrogen-bond acceptors (Lipinski definition) is 2. The zero-order valence-corrected chi connectivity index (χ0v) is 12.8. The number of nitrogens with zero attached hydrogens (tertiary/aromatic N) is 1. The van der Waals surface area contributed by atoms with Gasteiger partial charge in [0.1, 0.15) is 5.52 Å². The zero-order chi connectivity index (χ0) is 11.2. The summed E-state index contributed by atoms with van der Waals surface area (Å²) in [5.41, 5.74) is 1.39. The van der Waals surface area contributed by atoms with Crippen molar-refractivity contribution in [2.24, 2.45) is 0 Å². The van der Waals surface area contributed by atoms with Gasteiger partial charge < -0.3 is 5.11 Å². The summed E-state index contributed by atoms with van der Waals surface area (Å²) in [5.74, 6) is 0.205. The molecule has 0 aliphatic carbocycles. The van der Waals surface area contributed by atoms with Gasteiger partial charge in [-0.25, -0.2) is 4.98 Å². The van der Waals surface area contributed by atoms with Crippen molar-refractivity contribution in [1.29, 1.82) is 0 Å². The van der Waals surface area contributed by atoms with Crippen LogP contribution in [0, 0.1) is 14.1 Å². The highest BCUT2D eigenvalue weighted by Gasteiger charge is 2.13. The molecule has 1 aromatic heterocycles. The molecule has 0 saturated heterocycles. The highest BCUT2D eigenvalue weighted by molar-refractivity contribution is 14.1. The normalized spacial score (nSPS) is 10.9. The number of phenolic OH excluding ortho intramolecular Hbond substituents is 1. The molecule has 0 radical (unpaired) electrons. The molecule has 1 heterocycles. The van der Waals surface area contributed by atoms with Gasteiger partial charge in [0.05, 0.1) is 8.59 Å². The third-order valence-electron chi connectivity index (χ3n) is 2.04. The lowest BCUT2D eigenvalue weighted by atomic mass is 10.2. The van der Waals surface area contributed by atoms with Crippen LogP contribution < -0.4 is 0 Å². The molecule has 15 heavy (non-hydrogen) atoms. The Morgan fingerprint density at radius 2 is 1.93 bits per heavy atom. The van der Waals surface area contributed by atoms with Gasteiger partial charge in [-0.2, -0.15) is 0 Å². The van der Waals surface area contributed by atoms with E-state index < -0.39 is 0 Å². The second-order valence-electron chi connectivity index (χ2n) is 3.16. The monoisotopic (exact) mass is 445 g/mol. The fourth-order valence-electron chi connectivity index (χ4n) is 1.40. The summed E-state index contributed by atoms with van der Waals surface area (Å²) in [4.78, 5) is 4.31. The van der Waals surface area contributed by atoms with E-state index in [0.29, 0.717) is 10.5 Å². The van der Waals surface area contributed by atoms with E-state index in [1.54, 1.807) is 6.07 Å². The SMILES string of the molecule is Cc1cc(Cl)c2c(I)cc(I)c(O)c2n1. The van der Waals surface area contributed by atoms with Gasteiger partial charge in [0, 0.05) is 14.7 Å². The lowest BCUT2D eigenvalue weighted by Crippen LogP contribution is -1.90. The predicted octanol–water partition coefficient (Wildman–Crippen LogP) is 4.11. The molecule has 2 rings (SSSR count). The maximum atomic E-state index is 9.90. The minimum Gasteiger partial charge on any atom is -0.505 e. The zero-order valence-electron chi connectivity index (χ0n) is 7.68. The van der Waals surface area contributed by atoms with Crippen LogP contribution >= 0.6 is 56.8 Å². The molecule has 5 heteroatoms. The van der Waals surface area contributed by atoms with E-state index in [0.717, 1.165) is 18.2 Å². The molecule has 0 aliphatic rings. The van der Waals surface area contributed by atoms with Crippen LogP contribution in [0.4, 0.5) is 0 Å². The minimum absolute atomic E-state index is 0.205. The summed E-state index contributed by atoms with van der Waals surface area (Å²) in [6.45, 7) is 1.86. The molecule has 0 bridgehead atoms. The van der Waals surface area contributed by atoms with Crippen molar-refractivity contribution in [2.45, 2.75) is 6.92 Å². The lowest BCUT2D eigenvalue weighted by molar-refractivity contribution is 0.476. The largest absolute Gasteiger partial charge is 0.505 e. The molecular weight excluding hydrogens is 439 g/mol. The number of aromatic hydroxyl groups is 1. The molecular formula is C10H6ClI2NO. The van der Waals surface area contributed by atoms with Gasteiger partial charge in [-0.05, 0) is 64.2 Å². The fraction of sp³-hybridized carbons (Fsp3) is 0.100. The van der Waals surface area contributed by atoms with Gasteiger partial charge in [-0.15, -0.1) is 0 Å². The fourth-order valence-corrected chi connectivity index (χ4v) is 3.93. The Labute approximate surface area is 119 Å². The van der Waals surface area contributed by atoms with Crippen molar-refractivity contribution < 1.29 is 5.11 Å². The van der Waals surface area contributed by atoms with Crippen molar-refractivity contribution in [3.63, 3.8) is 0 Å². The third kappa shape index (κ3) is 2.03. The standard InChI is InChI=1S/C10H6ClI2NO/c1-4-2-5(11)8-6(12)3-7(13)10(15)9(8)14-4/h2-3,15H,1H3. The molecule has 2 aromatic rings. The molecule has 0 unspecified atom stereocenters. The van der Waals surface area contributed by atoms with Crippen molar-refractivity contribution >= 4 is 67.7 Å². The molecule has 0 amide bonds. The van der Waals surface area contributed by atoms with E-state index in [-0.39, 0.29) is 5.75 Å². The first-order valence-corrected chi connectivity index (χ1v) is 6.68. The maximum Gasteiger partial charge on any atom is 0.155 e. The summed E-state index contributed by atoms with van der Waals surface area (Å²) in [7, 11) is 0. The van der Waals surface area contributed by atoms with E-state index in [1.165, 1.54) is 0 Å². The smallest absolute Gasteiger partial charge is 0.155 e. The summed E-state index contributed by atoms with van der Waals surface area (Å²) in [6.07, 6.45) is 0. The van der Waals surface area contributed by atoms with Crippen LogP contribution in [-0.2, 0) is 0 Å². The van der Waals surface area contributed by atoms with Crippen molar-refractivity contribution in [1.82, 2.24) is 4.98 Å². The van der Waals surface area contributed by atoms with Crippen molar-refractivity contribution in [3.8, 4) is 5.75 Å². The molecule has 2 nitrogen and oxygen atoms in total. The van der Waals surface area contributed by atoms with Crippen LogP contribution in [0.1, 0.15) is 5.69 Å². The number of halogens is 3. The Hall–Kier alpha value is 0.180. The molecule has 1 N–H and O–H groups in total. The predicted molar refractivity (Wildman–Crippen MR) is 78.6 cm³/mol. The van der Waals surface area contributed by atoms with E-state index in [9.17, 15) is 5.11 Å². The number of phenols is 1. The highest BCUT2D eigenvalue weighted by atomic mass is 127. The maximum absolute atomic E-state index is 9.90. The Morgan fingerprint density at radius 1 is 1.27 bits per heavy atom. The first-order valence-electron chi connectivity index (χ1n) is 4.14. The van der Waals surface area contributed by atoms with Crippen LogP contribution in [-0.4, -0.2) is 10.1 Å². The number of hydrogen-bond donors (Lipinski definition) is 1. The van der Waals surface area contributed by atoms with Crippen LogP contribution in [0.25, 0.3) is 10.9 Å². The van der Waals surface area contributed by atoms with Gasteiger partial charge >= 0.3 is 0 Å². The Bertz CT molecular complexity index is 549. The van der Waals surface area contributed by atoms with Crippen LogP contribution in [0.15, 0.2) is 12.1 Å². The van der Waals surface area contributed by atoms with E-state index in [1.807, 2.05) is 13.0 Å². The van der Waals surface area contributed by atoms with Gasteiger partial charge in [0.25, 0.3) is 0 Å². The summed E-state index contributed by atoms with van der Waals surface area (Å²) >= 11 is 10.4. The average Bonchev–Trinajstić information content (AvgIpc) is 2.12. The second kappa shape index (κ2) is 4.21. The molecule has 78 valence electrons. The van der Waals surface area contributed by atoms with Gasteiger partial charge in [-0.3, -0.25) is 0 Å². The third-order valence-corrected chi connectivity index (χ3v) is 4.01. The Kier molecular flexibility index (Phi) is 3.27. The van der Waals surface area contributed by atoms with E-state index in [2.05, 4.69) is 50.2 Å². The molecule has 0 spiro atoms. The molecule has 0 saturated carbocycles. The van der Waals surface area contributed by atoms with Gasteiger partial charge in [0.2, 0.25) is 0 Å². The van der Waals surface area contributed by atoms with E-state index in [4.69, 9.17) is 11.6 Å². The first-order chi connectivity index (χ1) is 7.00. The number of fused-ring (bicyclic) bond motifs is 1. The Morgan fingerprint density at radius 3 is 2.60 bits per heavy atom. The number of aromatic nitrogens is 1. The molecule has 1 aromatic carbocycles. The van der Waals surface area contributed by atoms with Crippen molar-refractivity contribution in [3.05, 3.63) is 30.0 Å². The van der Waals surface area contributed by atoms with Gasteiger partial charge in [-0.1, -0.05) is 11.6 Å². The lowest BCUT2D eigenvalue weighted by Gasteiger charge is -2.07. The number of benzene rings is 1. The first kappa shape index (κ1) is 11.7. The molecule has 0 atom stereocenters. The quantitative estimate of drug-likeness (QED) is 0.620. The summed E-state index contributed by atoms with van der Waals surface area (Å²) < 4.78 is 1.79. The minimum atomic E-state index is 0.205. The number of rotatable bonds is 0.